The van der Waals surface area contributed by atoms with Crippen LogP contribution in [0.25, 0.3) is 22.4 Å². The van der Waals surface area contributed by atoms with Gasteiger partial charge in [-0.25, -0.2) is 19.0 Å². The number of anilines is 1. The molecule has 0 aliphatic heterocycles. The molecule has 0 unspecified atom stereocenters. The Bertz CT molecular complexity index is 1700. The predicted molar refractivity (Wildman–Crippen MR) is 139 cm³/mol. The molecule has 13 heteroatoms. The van der Waals surface area contributed by atoms with Gasteiger partial charge in [-0.3, -0.25) is 27.9 Å². The van der Waals surface area contributed by atoms with E-state index in [1.54, 1.807) is 11.4 Å². The van der Waals surface area contributed by atoms with E-state index in [4.69, 9.17) is 4.74 Å². The summed E-state index contributed by atoms with van der Waals surface area (Å²) >= 11 is 1.13. The van der Waals surface area contributed by atoms with Crippen LogP contribution >= 0.6 is 11.3 Å². The van der Waals surface area contributed by atoms with Gasteiger partial charge in [0.25, 0.3) is 5.56 Å². The first-order valence-electron chi connectivity index (χ1n) is 11.3. The summed E-state index contributed by atoms with van der Waals surface area (Å²) < 4.78 is 24.3. The molecule has 37 heavy (non-hydrogen) atoms. The zero-order valence-electron chi connectivity index (χ0n) is 21.3. The van der Waals surface area contributed by atoms with E-state index in [1.165, 1.54) is 37.8 Å². The standard InChI is InChI=1S/C24H27FN6O5S/c1-24(2,3)12-36-16-8-7-13(9-14(16)25)15-11-37-21(26-15)27-17(32)10-31-18-19(29(5)23(31)35)28(4)22(34)30(6)20(18)33/h7-9,11H,10,12H2,1-6H3,(H,26,27,32). The molecular weight excluding hydrogens is 503 g/mol. The Labute approximate surface area is 214 Å². The van der Waals surface area contributed by atoms with Crippen molar-refractivity contribution in [2.24, 2.45) is 26.6 Å². The van der Waals surface area contributed by atoms with Crippen LogP contribution in [0.15, 0.2) is 38.0 Å². The van der Waals surface area contributed by atoms with E-state index in [0.29, 0.717) is 17.9 Å². The largest absolute Gasteiger partial charge is 0.490 e. The van der Waals surface area contributed by atoms with Crippen LogP contribution in [-0.4, -0.2) is 35.8 Å². The van der Waals surface area contributed by atoms with E-state index in [-0.39, 0.29) is 27.5 Å². The van der Waals surface area contributed by atoms with Crippen molar-refractivity contribution in [1.29, 1.82) is 0 Å². The van der Waals surface area contributed by atoms with Gasteiger partial charge in [0.15, 0.2) is 27.9 Å². The maximum Gasteiger partial charge on any atom is 0.332 e. The number of imidazole rings is 1. The number of amides is 1. The lowest BCUT2D eigenvalue weighted by Crippen LogP contribution is -2.38. The number of aromatic nitrogens is 5. The third-order valence-corrected chi connectivity index (χ3v) is 6.41. The smallest absolute Gasteiger partial charge is 0.332 e. The second kappa shape index (κ2) is 9.47. The van der Waals surface area contributed by atoms with E-state index in [1.807, 2.05) is 20.8 Å². The molecule has 0 saturated carbocycles. The van der Waals surface area contributed by atoms with Crippen LogP contribution in [0.2, 0.25) is 0 Å². The summed E-state index contributed by atoms with van der Waals surface area (Å²) in [5, 5.41) is 4.51. The number of fused-ring (bicyclic) bond motifs is 1. The van der Waals surface area contributed by atoms with Crippen LogP contribution in [-0.2, 0) is 32.5 Å². The summed E-state index contributed by atoms with van der Waals surface area (Å²) in [4.78, 5) is 54.9. The third kappa shape index (κ3) is 4.99. The van der Waals surface area contributed by atoms with Crippen LogP contribution in [0.3, 0.4) is 0 Å². The number of thiazole rings is 1. The highest BCUT2D eigenvalue weighted by molar-refractivity contribution is 7.14. The van der Waals surface area contributed by atoms with Gasteiger partial charge in [-0.2, -0.15) is 0 Å². The fourth-order valence-electron chi connectivity index (χ4n) is 3.79. The van der Waals surface area contributed by atoms with Crippen LogP contribution in [0, 0.1) is 11.2 Å². The van der Waals surface area contributed by atoms with Crippen molar-refractivity contribution in [2.75, 3.05) is 11.9 Å². The molecule has 0 atom stereocenters. The maximum atomic E-state index is 14.5. The first-order valence-corrected chi connectivity index (χ1v) is 12.2. The van der Waals surface area contributed by atoms with E-state index in [9.17, 15) is 23.6 Å². The maximum absolute atomic E-state index is 14.5. The van der Waals surface area contributed by atoms with Crippen molar-refractivity contribution in [1.82, 2.24) is 23.3 Å². The van der Waals surface area contributed by atoms with E-state index >= 15 is 0 Å². The average Bonchev–Trinajstić information content (AvgIpc) is 3.38. The molecule has 0 fully saturated rings. The molecule has 3 heterocycles. The van der Waals surface area contributed by atoms with Gasteiger partial charge < -0.3 is 10.1 Å². The van der Waals surface area contributed by atoms with Crippen molar-refractivity contribution in [3.05, 3.63) is 60.7 Å². The number of aryl methyl sites for hydroxylation is 2. The van der Waals surface area contributed by atoms with E-state index in [0.717, 1.165) is 25.0 Å². The minimum atomic E-state index is -0.683. The second-order valence-corrected chi connectivity index (χ2v) is 10.7. The lowest BCUT2D eigenvalue weighted by molar-refractivity contribution is -0.116. The first-order chi connectivity index (χ1) is 17.3. The third-order valence-electron chi connectivity index (χ3n) is 5.66. The molecule has 0 aliphatic carbocycles. The van der Waals surface area contributed by atoms with Gasteiger partial charge in [0.2, 0.25) is 5.91 Å². The molecule has 0 radical (unpaired) electrons. The molecule has 0 spiro atoms. The van der Waals surface area contributed by atoms with E-state index < -0.39 is 35.2 Å². The van der Waals surface area contributed by atoms with Crippen LogP contribution < -0.4 is 27.0 Å². The molecule has 1 N–H and O–H groups in total. The molecule has 4 rings (SSSR count). The summed E-state index contributed by atoms with van der Waals surface area (Å²) in [5.41, 5.74) is -0.996. The summed E-state index contributed by atoms with van der Waals surface area (Å²) in [6.45, 7) is 5.86. The minimum absolute atomic E-state index is 0.0590. The zero-order valence-corrected chi connectivity index (χ0v) is 22.1. The Kier molecular flexibility index (Phi) is 6.67. The number of hydrogen-bond donors (Lipinski definition) is 1. The van der Waals surface area contributed by atoms with Gasteiger partial charge in [-0.15, -0.1) is 11.3 Å². The summed E-state index contributed by atoms with van der Waals surface area (Å²) in [6.07, 6.45) is 0. The molecule has 3 aromatic heterocycles. The molecule has 0 bridgehead atoms. The molecular formula is C24H27FN6O5S. The molecule has 4 aromatic rings. The van der Waals surface area contributed by atoms with Crippen molar-refractivity contribution < 1.29 is 13.9 Å². The highest BCUT2D eigenvalue weighted by Crippen LogP contribution is 2.29. The van der Waals surface area contributed by atoms with Gasteiger partial charge in [-0.1, -0.05) is 20.8 Å². The predicted octanol–water partition coefficient (Wildman–Crippen LogP) is 2.06. The number of rotatable bonds is 6. The highest BCUT2D eigenvalue weighted by Gasteiger charge is 2.21. The fraction of sp³-hybridized carbons (Fsp3) is 0.375. The van der Waals surface area contributed by atoms with Gasteiger partial charge in [0.1, 0.15) is 6.54 Å². The summed E-state index contributed by atoms with van der Waals surface area (Å²) in [6, 6.07) is 4.53. The number of hydrogen-bond acceptors (Lipinski definition) is 7. The number of nitrogens with one attached hydrogen (secondary N) is 1. The van der Waals surface area contributed by atoms with Crippen LogP contribution in [0.1, 0.15) is 20.8 Å². The van der Waals surface area contributed by atoms with Crippen LogP contribution in [0.4, 0.5) is 9.52 Å². The Morgan fingerprint density at radius 3 is 2.41 bits per heavy atom. The topological polar surface area (TPSA) is 122 Å². The Morgan fingerprint density at radius 2 is 1.76 bits per heavy atom. The Morgan fingerprint density at radius 1 is 1.08 bits per heavy atom. The SMILES string of the molecule is Cn1c(=O)c2c(n(C)c1=O)n(C)c(=O)n2CC(=O)Nc1nc(-c2ccc(OCC(C)(C)C)c(F)c2)cs1. The average molecular weight is 531 g/mol. The number of benzene rings is 1. The molecule has 0 aliphatic rings. The number of halogens is 1. The van der Waals surface area contributed by atoms with Crippen molar-refractivity contribution >= 4 is 33.5 Å². The first kappa shape index (κ1) is 26.1. The normalized spacial score (nSPS) is 11.8. The van der Waals surface area contributed by atoms with Gasteiger partial charge >= 0.3 is 11.4 Å². The van der Waals surface area contributed by atoms with Gasteiger partial charge in [0.05, 0.1) is 12.3 Å². The van der Waals surface area contributed by atoms with Crippen molar-refractivity contribution in [2.45, 2.75) is 27.3 Å². The lowest BCUT2D eigenvalue weighted by Gasteiger charge is -2.19. The van der Waals surface area contributed by atoms with Crippen molar-refractivity contribution in [3.63, 3.8) is 0 Å². The monoisotopic (exact) mass is 530 g/mol. The van der Waals surface area contributed by atoms with Crippen LogP contribution in [0.5, 0.6) is 5.75 Å². The Hall–Kier alpha value is -4.00. The van der Waals surface area contributed by atoms with E-state index in [2.05, 4.69) is 10.3 Å². The number of carbonyl (C=O) groups is 1. The number of ether oxygens (including phenoxy) is 1. The Balaban J connectivity index is 1.55. The lowest BCUT2D eigenvalue weighted by atomic mass is 9.99. The zero-order chi connectivity index (χ0) is 27.2. The minimum Gasteiger partial charge on any atom is -0.490 e. The molecule has 1 aromatic carbocycles. The van der Waals surface area contributed by atoms with Gasteiger partial charge in [-0.05, 0) is 23.6 Å². The highest BCUT2D eigenvalue weighted by atomic mass is 32.1. The number of nitrogens with zero attached hydrogens (tertiary/aromatic N) is 5. The summed E-state index contributed by atoms with van der Waals surface area (Å²) in [7, 11) is 4.16. The van der Waals surface area contributed by atoms with Gasteiger partial charge in [0, 0.05) is 32.1 Å². The molecule has 11 nitrogen and oxygen atoms in total. The molecule has 196 valence electrons. The van der Waals surface area contributed by atoms with Crippen molar-refractivity contribution in [3.8, 4) is 17.0 Å². The summed E-state index contributed by atoms with van der Waals surface area (Å²) in [5.74, 6) is -0.971. The molecule has 1 amide bonds. The fourth-order valence-corrected chi connectivity index (χ4v) is 4.52. The second-order valence-electron chi connectivity index (χ2n) is 9.89. The number of carbonyl (C=O) groups excluding carboxylic acids is 1. The quantitative estimate of drug-likeness (QED) is 0.407. The molecule has 0 saturated heterocycles.